The average molecular weight is 522 g/mol. The highest BCUT2D eigenvalue weighted by Crippen LogP contribution is 2.37. The van der Waals surface area contributed by atoms with Crippen LogP contribution in [0.2, 0.25) is 0 Å². The van der Waals surface area contributed by atoms with Crippen LogP contribution in [-0.4, -0.2) is 47.3 Å². The van der Waals surface area contributed by atoms with Crippen LogP contribution in [0.25, 0.3) is 5.52 Å². The molecule has 7 heteroatoms. The van der Waals surface area contributed by atoms with Gasteiger partial charge in [-0.05, 0) is 90.9 Å². The van der Waals surface area contributed by atoms with Gasteiger partial charge < -0.3 is 19.5 Å². The Morgan fingerprint density at radius 3 is 2.41 bits per heavy atom. The number of pyridine rings is 2. The van der Waals surface area contributed by atoms with Gasteiger partial charge in [0.05, 0.1) is 0 Å². The predicted molar refractivity (Wildman–Crippen MR) is 156 cm³/mol. The number of anilines is 3. The number of nitrogens with zero attached hydrogens (tertiary/aromatic N) is 4. The fraction of sp³-hybridized carbons (Fsp3) is 0.344. The Kier molecular flexibility index (Phi) is 7.05. The summed E-state index contributed by atoms with van der Waals surface area (Å²) in [5, 5.41) is 2.85. The molecule has 0 atom stereocenters. The molecule has 0 unspecified atom stereocenters. The third-order valence-corrected chi connectivity index (χ3v) is 8.24. The van der Waals surface area contributed by atoms with Gasteiger partial charge in [0, 0.05) is 55.5 Å². The summed E-state index contributed by atoms with van der Waals surface area (Å²) < 4.78 is 1.87. The molecule has 0 radical (unpaired) electrons. The summed E-state index contributed by atoms with van der Waals surface area (Å²) in [5.74, 6) is 0.302. The SMILES string of the molecule is CCc1ccnc(N2CCN(c3ccc(NC(=O)C(=O)c4c(C5CCCC5)cc5ccccn45)cc3)CC2)c1. The Hall–Kier alpha value is -4.13. The minimum absolute atomic E-state index is 0.336. The zero-order chi connectivity index (χ0) is 26.8. The van der Waals surface area contributed by atoms with Crippen LogP contribution in [0.1, 0.15) is 60.1 Å². The van der Waals surface area contributed by atoms with E-state index in [2.05, 4.69) is 45.2 Å². The van der Waals surface area contributed by atoms with Gasteiger partial charge in [-0.15, -0.1) is 0 Å². The Bertz CT molecular complexity index is 1480. The molecule has 1 aliphatic carbocycles. The van der Waals surface area contributed by atoms with Crippen LogP contribution in [0.3, 0.4) is 0 Å². The van der Waals surface area contributed by atoms with E-state index in [4.69, 9.17) is 0 Å². The quantitative estimate of drug-likeness (QED) is 0.250. The summed E-state index contributed by atoms with van der Waals surface area (Å²) in [4.78, 5) is 35.8. The van der Waals surface area contributed by atoms with Gasteiger partial charge >= 0.3 is 0 Å². The van der Waals surface area contributed by atoms with Gasteiger partial charge in [0.25, 0.3) is 11.7 Å². The number of ketones is 1. The fourth-order valence-corrected chi connectivity index (χ4v) is 6.03. The van der Waals surface area contributed by atoms with Gasteiger partial charge in [0.15, 0.2) is 0 Å². The molecule has 1 N–H and O–H groups in total. The average Bonchev–Trinajstić information content (AvgIpc) is 3.66. The van der Waals surface area contributed by atoms with E-state index in [1.54, 1.807) is 0 Å². The Morgan fingerprint density at radius 2 is 1.67 bits per heavy atom. The van der Waals surface area contributed by atoms with Crippen LogP contribution >= 0.6 is 0 Å². The first kappa shape index (κ1) is 25.2. The molecule has 1 aromatic carbocycles. The normalized spacial score (nSPS) is 16.1. The number of aromatic nitrogens is 2. The van der Waals surface area contributed by atoms with Gasteiger partial charge in [0.1, 0.15) is 11.5 Å². The number of piperazine rings is 1. The number of carbonyl (C=O) groups is 2. The first-order valence-electron chi connectivity index (χ1n) is 14.1. The summed E-state index contributed by atoms with van der Waals surface area (Å²) in [6, 6.07) is 20.0. The molecule has 39 heavy (non-hydrogen) atoms. The maximum absolute atomic E-state index is 13.5. The molecule has 200 valence electrons. The van der Waals surface area contributed by atoms with Crippen LogP contribution in [0, 0.1) is 0 Å². The second kappa shape index (κ2) is 10.9. The van der Waals surface area contributed by atoms with Crippen molar-refractivity contribution in [3.63, 3.8) is 0 Å². The topological polar surface area (TPSA) is 70.0 Å². The summed E-state index contributed by atoms with van der Waals surface area (Å²) in [6.07, 6.45) is 9.24. The lowest BCUT2D eigenvalue weighted by atomic mass is 9.96. The van der Waals surface area contributed by atoms with Crippen molar-refractivity contribution in [2.45, 2.75) is 44.9 Å². The molecular formula is C32H35N5O2. The molecule has 2 aliphatic rings. The third kappa shape index (κ3) is 5.13. The van der Waals surface area contributed by atoms with Crippen molar-refractivity contribution in [1.29, 1.82) is 0 Å². The summed E-state index contributed by atoms with van der Waals surface area (Å²) >= 11 is 0. The lowest BCUT2D eigenvalue weighted by Gasteiger charge is -2.37. The van der Waals surface area contributed by atoms with E-state index < -0.39 is 11.7 Å². The van der Waals surface area contributed by atoms with E-state index in [0.717, 1.165) is 68.0 Å². The van der Waals surface area contributed by atoms with Crippen molar-refractivity contribution in [2.24, 2.45) is 0 Å². The lowest BCUT2D eigenvalue weighted by Crippen LogP contribution is -2.46. The third-order valence-electron chi connectivity index (χ3n) is 8.24. The molecule has 0 bridgehead atoms. The molecule has 1 amide bonds. The number of rotatable bonds is 7. The van der Waals surface area contributed by atoms with Crippen molar-refractivity contribution in [2.75, 3.05) is 41.3 Å². The fourth-order valence-electron chi connectivity index (χ4n) is 6.03. The standard InChI is InChI=1S/C32H35N5O2/c1-2-23-14-15-33-29(21-23)36-19-17-35(18-20-36)26-12-10-25(11-13-26)34-32(39)31(38)30-28(24-7-3-4-8-24)22-27-9-5-6-16-37(27)30/h5-6,9-16,21-22,24H,2-4,7-8,17-20H2,1H3,(H,34,39). The smallest absolute Gasteiger partial charge is 0.298 e. The van der Waals surface area contributed by atoms with Crippen LogP contribution in [0.4, 0.5) is 17.2 Å². The van der Waals surface area contributed by atoms with Crippen molar-refractivity contribution >= 4 is 34.4 Å². The molecule has 6 rings (SSSR count). The van der Waals surface area contributed by atoms with E-state index in [1.807, 2.05) is 59.3 Å². The van der Waals surface area contributed by atoms with Crippen LogP contribution in [-0.2, 0) is 11.2 Å². The molecule has 4 heterocycles. The molecule has 1 saturated heterocycles. The number of benzene rings is 1. The Balaban J connectivity index is 1.12. The molecule has 0 spiro atoms. The minimum Gasteiger partial charge on any atom is -0.368 e. The van der Waals surface area contributed by atoms with E-state index in [9.17, 15) is 9.59 Å². The summed E-state index contributed by atoms with van der Waals surface area (Å²) in [7, 11) is 0. The largest absolute Gasteiger partial charge is 0.368 e. The maximum atomic E-state index is 13.5. The van der Waals surface area contributed by atoms with Gasteiger partial charge in [-0.2, -0.15) is 0 Å². The summed E-state index contributed by atoms with van der Waals surface area (Å²) in [5.41, 5.74) is 5.50. The Morgan fingerprint density at radius 1 is 0.923 bits per heavy atom. The zero-order valence-electron chi connectivity index (χ0n) is 22.5. The maximum Gasteiger partial charge on any atom is 0.298 e. The number of hydrogen-bond donors (Lipinski definition) is 1. The number of amides is 1. The van der Waals surface area contributed by atoms with Crippen molar-refractivity contribution < 1.29 is 9.59 Å². The highest BCUT2D eigenvalue weighted by atomic mass is 16.2. The molecule has 7 nitrogen and oxygen atoms in total. The highest BCUT2D eigenvalue weighted by Gasteiger charge is 2.29. The van der Waals surface area contributed by atoms with Gasteiger partial charge in [-0.25, -0.2) is 4.98 Å². The van der Waals surface area contributed by atoms with E-state index in [1.165, 1.54) is 18.4 Å². The predicted octanol–water partition coefficient (Wildman–Crippen LogP) is 5.70. The Labute approximate surface area is 229 Å². The molecule has 4 aromatic rings. The van der Waals surface area contributed by atoms with Crippen molar-refractivity contribution in [3.05, 3.63) is 89.9 Å². The lowest BCUT2D eigenvalue weighted by molar-refractivity contribution is -0.112. The van der Waals surface area contributed by atoms with Gasteiger partial charge in [0.2, 0.25) is 0 Å². The van der Waals surface area contributed by atoms with Crippen molar-refractivity contribution in [1.82, 2.24) is 9.38 Å². The van der Waals surface area contributed by atoms with Gasteiger partial charge in [-0.3, -0.25) is 9.59 Å². The first-order valence-corrected chi connectivity index (χ1v) is 14.1. The molecule has 3 aromatic heterocycles. The molecule has 1 saturated carbocycles. The highest BCUT2D eigenvalue weighted by molar-refractivity contribution is 6.46. The van der Waals surface area contributed by atoms with Crippen LogP contribution < -0.4 is 15.1 Å². The number of carbonyl (C=O) groups excluding carboxylic acids is 2. The van der Waals surface area contributed by atoms with E-state index >= 15 is 0 Å². The molecule has 1 aliphatic heterocycles. The summed E-state index contributed by atoms with van der Waals surface area (Å²) in [6.45, 7) is 5.76. The number of Topliss-reactive ketones (excluding diaryl/α,β-unsaturated/α-hetero) is 1. The number of aryl methyl sites for hydroxylation is 1. The van der Waals surface area contributed by atoms with E-state index in [0.29, 0.717) is 17.3 Å². The van der Waals surface area contributed by atoms with Crippen LogP contribution in [0.15, 0.2) is 73.1 Å². The number of nitrogens with one attached hydrogen (secondary N) is 1. The first-order chi connectivity index (χ1) is 19.1. The van der Waals surface area contributed by atoms with E-state index in [-0.39, 0.29) is 0 Å². The molecule has 2 fully saturated rings. The number of fused-ring (bicyclic) bond motifs is 1. The second-order valence-corrected chi connectivity index (χ2v) is 10.6. The minimum atomic E-state index is -0.596. The van der Waals surface area contributed by atoms with Gasteiger partial charge in [-0.1, -0.05) is 25.8 Å². The van der Waals surface area contributed by atoms with Crippen molar-refractivity contribution in [3.8, 4) is 0 Å². The van der Waals surface area contributed by atoms with Crippen LogP contribution in [0.5, 0.6) is 0 Å². The zero-order valence-corrected chi connectivity index (χ0v) is 22.5. The number of hydrogen-bond acceptors (Lipinski definition) is 5. The monoisotopic (exact) mass is 521 g/mol. The molecular weight excluding hydrogens is 486 g/mol. The second-order valence-electron chi connectivity index (χ2n) is 10.6.